The minimum Gasteiger partial charge on any atom is -0.423 e. The van der Waals surface area contributed by atoms with E-state index in [0.29, 0.717) is 12.1 Å². The number of hydrogen-bond acceptors (Lipinski definition) is 3. The molecule has 0 aliphatic carbocycles. The Morgan fingerprint density at radius 3 is 2.44 bits per heavy atom. The molecule has 5 heteroatoms. The normalized spacial score (nSPS) is 11.6. The van der Waals surface area contributed by atoms with Crippen LogP contribution in [0.3, 0.4) is 0 Å². The van der Waals surface area contributed by atoms with Gasteiger partial charge in [-0.1, -0.05) is 18.2 Å². The molecule has 0 saturated heterocycles. The van der Waals surface area contributed by atoms with Gasteiger partial charge in [-0.2, -0.15) is 0 Å². The molecule has 0 heterocycles. The predicted octanol–water partition coefficient (Wildman–Crippen LogP) is 0.394. The fraction of sp³-hybridized carbons (Fsp3) is 0.455. The van der Waals surface area contributed by atoms with E-state index in [9.17, 15) is 4.39 Å². The molecule has 0 aliphatic rings. The molecule has 0 saturated carbocycles. The Labute approximate surface area is 95.5 Å². The summed E-state index contributed by atoms with van der Waals surface area (Å²) in [5.74, 6) is -0.561. The van der Waals surface area contributed by atoms with Gasteiger partial charge in [-0.15, -0.1) is 0 Å². The molecule has 16 heavy (non-hydrogen) atoms. The van der Waals surface area contributed by atoms with Crippen LogP contribution in [0, 0.1) is 5.82 Å². The highest BCUT2D eigenvalue weighted by Crippen LogP contribution is 2.07. The molecule has 0 atom stereocenters. The average Bonchev–Trinajstić information content (AvgIpc) is 2.14. The summed E-state index contributed by atoms with van der Waals surface area (Å²) in [5, 5.41) is 21.0. The van der Waals surface area contributed by atoms with Crippen molar-refractivity contribution in [2.24, 2.45) is 0 Å². The molecule has 0 spiro atoms. The standard InChI is InChI=1S/C11H17BFNO2/c1-11(2,3)14-7-8-5-4-6-9(10(8)13)12(15)16/h4-6,14-16H,7H2,1-3H3. The highest BCUT2D eigenvalue weighted by atomic mass is 19.1. The monoisotopic (exact) mass is 225 g/mol. The van der Waals surface area contributed by atoms with Gasteiger partial charge in [-0.3, -0.25) is 0 Å². The molecule has 1 aromatic carbocycles. The zero-order valence-electron chi connectivity index (χ0n) is 9.79. The molecule has 3 nitrogen and oxygen atoms in total. The lowest BCUT2D eigenvalue weighted by atomic mass is 9.79. The van der Waals surface area contributed by atoms with Crippen molar-refractivity contribution < 1.29 is 14.4 Å². The maximum Gasteiger partial charge on any atom is 0.491 e. The number of benzene rings is 1. The molecular weight excluding hydrogens is 208 g/mol. The van der Waals surface area contributed by atoms with Gasteiger partial charge in [-0.05, 0) is 20.8 Å². The van der Waals surface area contributed by atoms with Crippen molar-refractivity contribution in [1.82, 2.24) is 5.32 Å². The van der Waals surface area contributed by atoms with E-state index in [2.05, 4.69) is 5.32 Å². The van der Waals surface area contributed by atoms with E-state index in [0.717, 1.165) is 0 Å². The number of nitrogens with one attached hydrogen (secondary N) is 1. The summed E-state index contributed by atoms with van der Waals surface area (Å²) in [7, 11) is -1.77. The van der Waals surface area contributed by atoms with Crippen LogP contribution in [0.5, 0.6) is 0 Å². The lowest BCUT2D eigenvalue weighted by molar-refractivity contribution is 0.415. The summed E-state index contributed by atoms with van der Waals surface area (Å²) in [6, 6.07) is 4.60. The highest BCUT2D eigenvalue weighted by molar-refractivity contribution is 6.58. The first-order valence-electron chi connectivity index (χ1n) is 5.20. The molecule has 0 aromatic heterocycles. The van der Waals surface area contributed by atoms with Crippen molar-refractivity contribution in [2.45, 2.75) is 32.9 Å². The quantitative estimate of drug-likeness (QED) is 0.652. The van der Waals surface area contributed by atoms with Gasteiger partial charge in [0.15, 0.2) is 0 Å². The van der Waals surface area contributed by atoms with Crippen molar-refractivity contribution >= 4 is 12.6 Å². The number of hydrogen-bond donors (Lipinski definition) is 3. The SMILES string of the molecule is CC(C)(C)NCc1cccc(B(O)O)c1F. The fourth-order valence-corrected chi connectivity index (χ4v) is 1.30. The first-order chi connectivity index (χ1) is 7.31. The predicted molar refractivity (Wildman–Crippen MR) is 62.8 cm³/mol. The second-order valence-electron chi connectivity index (χ2n) is 4.80. The second-order valence-corrected chi connectivity index (χ2v) is 4.80. The van der Waals surface area contributed by atoms with E-state index in [4.69, 9.17) is 10.0 Å². The Bertz CT molecular complexity index is 363. The van der Waals surface area contributed by atoms with Crippen LogP contribution in [0.25, 0.3) is 0 Å². The molecule has 3 N–H and O–H groups in total. The van der Waals surface area contributed by atoms with Gasteiger partial charge < -0.3 is 15.4 Å². The van der Waals surface area contributed by atoms with Crippen molar-refractivity contribution in [3.05, 3.63) is 29.6 Å². The first-order valence-corrected chi connectivity index (χ1v) is 5.20. The van der Waals surface area contributed by atoms with Gasteiger partial charge in [-0.25, -0.2) is 4.39 Å². The third-order valence-electron chi connectivity index (χ3n) is 2.20. The molecule has 0 aliphatic heterocycles. The topological polar surface area (TPSA) is 52.5 Å². The summed E-state index contributed by atoms with van der Waals surface area (Å²) in [6.07, 6.45) is 0. The average molecular weight is 225 g/mol. The van der Waals surface area contributed by atoms with E-state index in [1.807, 2.05) is 20.8 Å². The van der Waals surface area contributed by atoms with Crippen LogP contribution in [0.2, 0.25) is 0 Å². The van der Waals surface area contributed by atoms with Crippen molar-refractivity contribution in [2.75, 3.05) is 0 Å². The lowest BCUT2D eigenvalue weighted by Gasteiger charge is -2.21. The van der Waals surface area contributed by atoms with Gasteiger partial charge >= 0.3 is 7.12 Å². The molecule has 0 unspecified atom stereocenters. The number of rotatable bonds is 3. The molecule has 1 rings (SSSR count). The van der Waals surface area contributed by atoms with Gasteiger partial charge in [0.05, 0.1) is 0 Å². The van der Waals surface area contributed by atoms with Crippen LogP contribution < -0.4 is 10.8 Å². The third-order valence-corrected chi connectivity index (χ3v) is 2.20. The van der Waals surface area contributed by atoms with E-state index in [-0.39, 0.29) is 11.0 Å². The fourth-order valence-electron chi connectivity index (χ4n) is 1.30. The summed E-state index contributed by atoms with van der Waals surface area (Å²) < 4.78 is 13.7. The first kappa shape index (κ1) is 13.2. The summed E-state index contributed by atoms with van der Waals surface area (Å²) >= 11 is 0. The zero-order valence-corrected chi connectivity index (χ0v) is 9.79. The van der Waals surface area contributed by atoms with Gasteiger partial charge in [0, 0.05) is 23.1 Å². The van der Waals surface area contributed by atoms with Gasteiger partial charge in [0.2, 0.25) is 0 Å². The van der Waals surface area contributed by atoms with Crippen LogP contribution in [-0.4, -0.2) is 22.7 Å². The molecule has 1 aromatic rings. The third kappa shape index (κ3) is 3.59. The summed E-state index contributed by atoms with van der Waals surface area (Å²) in [6.45, 7) is 6.30. The summed E-state index contributed by atoms with van der Waals surface area (Å²) in [4.78, 5) is 0. The van der Waals surface area contributed by atoms with Crippen molar-refractivity contribution in [3.8, 4) is 0 Å². The second kappa shape index (κ2) is 4.95. The smallest absolute Gasteiger partial charge is 0.423 e. The van der Waals surface area contributed by atoms with Gasteiger partial charge in [0.25, 0.3) is 0 Å². The zero-order chi connectivity index (χ0) is 12.3. The van der Waals surface area contributed by atoms with Crippen LogP contribution in [0.4, 0.5) is 4.39 Å². The largest absolute Gasteiger partial charge is 0.491 e. The van der Waals surface area contributed by atoms with E-state index >= 15 is 0 Å². The Morgan fingerprint density at radius 1 is 1.31 bits per heavy atom. The maximum atomic E-state index is 13.7. The molecule has 88 valence electrons. The Kier molecular flexibility index (Phi) is 4.07. The molecule has 0 radical (unpaired) electrons. The molecule has 0 bridgehead atoms. The van der Waals surface area contributed by atoms with E-state index < -0.39 is 12.9 Å². The summed E-state index contributed by atoms with van der Waals surface area (Å²) in [5.41, 5.74) is 0.231. The Hall–Kier alpha value is -0.905. The van der Waals surface area contributed by atoms with E-state index in [1.54, 1.807) is 12.1 Å². The molecular formula is C11H17BFNO2. The van der Waals surface area contributed by atoms with Crippen molar-refractivity contribution in [1.29, 1.82) is 0 Å². The van der Waals surface area contributed by atoms with Gasteiger partial charge in [0.1, 0.15) is 5.82 Å². The highest BCUT2D eigenvalue weighted by Gasteiger charge is 2.19. The van der Waals surface area contributed by atoms with Crippen LogP contribution in [-0.2, 0) is 6.54 Å². The Balaban J connectivity index is 2.85. The lowest BCUT2D eigenvalue weighted by Crippen LogP contribution is -2.37. The molecule has 0 amide bonds. The van der Waals surface area contributed by atoms with Crippen LogP contribution >= 0.6 is 0 Å². The van der Waals surface area contributed by atoms with E-state index in [1.165, 1.54) is 6.07 Å². The minimum atomic E-state index is -1.77. The maximum absolute atomic E-state index is 13.7. The van der Waals surface area contributed by atoms with Crippen LogP contribution in [0.1, 0.15) is 26.3 Å². The molecule has 0 fully saturated rings. The Morgan fingerprint density at radius 2 is 1.94 bits per heavy atom. The van der Waals surface area contributed by atoms with Crippen LogP contribution in [0.15, 0.2) is 18.2 Å². The van der Waals surface area contributed by atoms with Crippen molar-refractivity contribution in [3.63, 3.8) is 0 Å². The number of halogens is 1. The minimum absolute atomic E-state index is 0.0896.